The van der Waals surface area contributed by atoms with Crippen LogP contribution in [0.5, 0.6) is 0 Å². The number of halogens is 4. The molecule has 0 aliphatic carbocycles. The van der Waals surface area contributed by atoms with Gasteiger partial charge >= 0.3 is 6.18 Å². The van der Waals surface area contributed by atoms with Crippen molar-refractivity contribution < 1.29 is 17.6 Å². The van der Waals surface area contributed by atoms with E-state index in [4.69, 9.17) is 4.99 Å². The Labute approximate surface area is 159 Å². The minimum atomic E-state index is -4.50. The largest absolute Gasteiger partial charge is 0.433 e. The predicted octanol–water partition coefficient (Wildman–Crippen LogP) is 5.40. The summed E-state index contributed by atoms with van der Waals surface area (Å²) in [4.78, 5) is 4.86. The quantitative estimate of drug-likeness (QED) is 0.513. The highest BCUT2D eigenvalue weighted by molar-refractivity contribution is 6.15. The van der Waals surface area contributed by atoms with E-state index < -0.39 is 22.8 Å². The average Bonchev–Trinajstić information content (AvgIpc) is 3.01. The van der Waals surface area contributed by atoms with E-state index >= 15 is 0 Å². The molecule has 0 spiro atoms. The molecule has 1 aliphatic heterocycles. The summed E-state index contributed by atoms with van der Waals surface area (Å²) in [7, 11) is 0. The van der Waals surface area contributed by atoms with Gasteiger partial charge in [0.05, 0.1) is 23.0 Å². The molecule has 28 heavy (non-hydrogen) atoms. The molecule has 0 saturated heterocycles. The SMILES string of the molecule is CC1(C)N=C(c2cnn3c(C(F)(F)F)ccc3c2)c2cccc(F)c2C1(C)C. The van der Waals surface area contributed by atoms with E-state index in [1.165, 1.54) is 18.3 Å². The lowest BCUT2D eigenvalue weighted by Gasteiger charge is -2.44. The summed E-state index contributed by atoms with van der Waals surface area (Å²) in [6.45, 7) is 7.74. The number of hydrogen-bond acceptors (Lipinski definition) is 2. The van der Waals surface area contributed by atoms with Crippen LogP contribution in [0.4, 0.5) is 17.6 Å². The van der Waals surface area contributed by atoms with Crippen LogP contribution >= 0.6 is 0 Å². The monoisotopic (exact) mass is 389 g/mol. The summed E-state index contributed by atoms with van der Waals surface area (Å²) < 4.78 is 55.0. The molecule has 3 heterocycles. The van der Waals surface area contributed by atoms with Gasteiger partial charge in [0.2, 0.25) is 0 Å². The lowest BCUT2D eigenvalue weighted by molar-refractivity contribution is -0.142. The molecule has 0 amide bonds. The van der Waals surface area contributed by atoms with Gasteiger partial charge in [0, 0.05) is 22.1 Å². The maximum Gasteiger partial charge on any atom is 0.433 e. The van der Waals surface area contributed by atoms with Crippen molar-refractivity contribution >= 4 is 11.2 Å². The van der Waals surface area contributed by atoms with Crippen molar-refractivity contribution in [3.63, 3.8) is 0 Å². The Morgan fingerprint density at radius 1 is 1.00 bits per heavy atom. The number of benzene rings is 1. The molecule has 3 aromatic rings. The Morgan fingerprint density at radius 2 is 1.71 bits per heavy atom. The molecule has 2 aromatic heterocycles. The van der Waals surface area contributed by atoms with Gasteiger partial charge in [-0.3, -0.25) is 4.99 Å². The number of fused-ring (bicyclic) bond motifs is 2. The third-order valence-electron chi connectivity index (χ3n) is 5.88. The fourth-order valence-electron chi connectivity index (χ4n) is 3.71. The van der Waals surface area contributed by atoms with Crippen LogP contribution in [0.1, 0.15) is 50.1 Å². The molecular weight excluding hydrogens is 370 g/mol. The fourth-order valence-corrected chi connectivity index (χ4v) is 3.71. The molecule has 0 unspecified atom stereocenters. The van der Waals surface area contributed by atoms with Crippen LogP contribution < -0.4 is 0 Å². The predicted molar refractivity (Wildman–Crippen MR) is 99.3 cm³/mol. The molecule has 146 valence electrons. The Bertz CT molecular complexity index is 1120. The van der Waals surface area contributed by atoms with Crippen LogP contribution in [0.3, 0.4) is 0 Å². The standard InChI is InChI=1S/C21H19F4N3/c1-19(2)17-14(6-5-7-15(17)22)18(27-20(19,3)4)12-10-13-8-9-16(21(23,24)25)28(13)26-11-12/h5-11H,1-4H3. The van der Waals surface area contributed by atoms with Gasteiger partial charge in [-0.2, -0.15) is 18.3 Å². The first-order valence-electron chi connectivity index (χ1n) is 8.88. The van der Waals surface area contributed by atoms with E-state index in [1.54, 1.807) is 18.2 Å². The van der Waals surface area contributed by atoms with E-state index in [0.29, 0.717) is 27.9 Å². The average molecular weight is 389 g/mol. The highest BCUT2D eigenvalue weighted by atomic mass is 19.4. The van der Waals surface area contributed by atoms with E-state index in [9.17, 15) is 17.6 Å². The molecule has 4 rings (SSSR count). The van der Waals surface area contributed by atoms with Crippen molar-refractivity contribution in [1.82, 2.24) is 9.61 Å². The van der Waals surface area contributed by atoms with Crippen LogP contribution in [0, 0.1) is 5.82 Å². The normalized spacial score (nSPS) is 18.1. The van der Waals surface area contributed by atoms with Gasteiger partial charge in [-0.15, -0.1) is 0 Å². The van der Waals surface area contributed by atoms with Crippen LogP contribution in [-0.4, -0.2) is 20.9 Å². The summed E-state index contributed by atoms with van der Waals surface area (Å²) in [5, 5.41) is 3.98. The van der Waals surface area contributed by atoms with Crippen molar-refractivity contribution in [3.05, 3.63) is 70.8 Å². The molecule has 0 bridgehead atoms. The number of aliphatic imine (C=N–C) groups is 1. The fraction of sp³-hybridized carbons (Fsp3) is 0.333. The van der Waals surface area contributed by atoms with Gasteiger partial charge < -0.3 is 0 Å². The summed E-state index contributed by atoms with van der Waals surface area (Å²) in [6.07, 6.45) is -3.14. The zero-order valence-corrected chi connectivity index (χ0v) is 15.9. The van der Waals surface area contributed by atoms with Gasteiger partial charge in [0.15, 0.2) is 0 Å². The second-order valence-corrected chi connectivity index (χ2v) is 8.10. The lowest BCUT2D eigenvalue weighted by atomic mass is 9.65. The third kappa shape index (κ3) is 2.56. The zero-order valence-electron chi connectivity index (χ0n) is 15.9. The third-order valence-corrected chi connectivity index (χ3v) is 5.88. The van der Waals surface area contributed by atoms with Gasteiger partial charge in [0.1, 0.15) is 11.5 Å². The molecular formula is C21H19F4N3. The number of aromatic nitrogens is 2. The van der Waals surface area contributed by atoms with Crippen molar-refractivity contribution in [2.45, 2.75) is 44.8 Å². The Morgan fingerprint density at radius 3 is 2.39 bits per heavy atom. The Hall–Kier alpha value is -2.70. The summed E-state index contributed by atoms with van der Waals surface area (Å²) in [6, 6.07) is 8.79. The van der Waals surface area contributed by atoms with E-state index in [-0.39, 0.29) is 5.82 Å². The van der Waals surface area contributed by atoms with Crippen LogP contribution in [-0.2, 0) is 11.6 Å². The molecule has 0 radical (unpaired) electrons. The van der Waals surface area contributed by atoms with Crippen molar-refractivity contribution in [3.8, 4) is 0 Å². The Balaban J connectivity index is 1.95. The molecule has 0 fully saturated rings. The highest BCUT2D eigenvalue weighted by Crippen LogP contribution is 2.45. The topological polar surface area (TPSA) is 29.7 Å². The maximum absolute atomic E-state index is 14.8. The smallest absolute Gasteiger partial charge is 0.277 e. The lowest BCUT2D eigenvalue weighted by Crippen LogP contribution is -2.46. The minimum Gasteiger partial charge on any atom is -0.277 e. The molecule has 0 N–H and O–H groups in total. The van der Waals surface area contributed by atoms with E-state index in [2.05, 4.69) is 5.10 Å². The number of nitrogens with zero attached hydrogens (tertiary/aromatic N) is 3. The summed E-state index contributed by atoms with van der Waals surface area (Å²) in [5.41, 5.74) is 0.545. The summed E-state index contributed by atoms with van der Waals surface area (Å²) in [5.74, 6) is -0.320. The van der Waals surface area contributed by atoms with Crippen LogP contribution in [0.2, 0.25) is 0 Å². The van der Waals surface area contributed by atoms with Crippen LogP contribution in [0.15, 0.2) is 47.6 Å². The summed E-state index contributed by atoms with van der Waals surface area (Å²) >= 11 is 0. The second kappa shape index (κ2) is 5.65. The minimum absolute atomic E-state index is 0.299. The number of rotatable bonds is 1. The molecule has 3 nitrogen and oxygen atoms in total. The molecule has 0 atom stereocenters. The van der Waals surface area contributed by atoms with Gasteiger partial charge in [0.25, 0.3) is 0 Å². The molecule has 0 saturated carbocycles. The van der Waals surface area contributed by atoms with Crippen molar-refractivity contribution in [1.29, 1.82) is 0 Å². The van der Waals surface area contributed by atoms with Gasteiger partial charge in [-0.05, 0) is 38.1 Å². The number of hydrogen-bond donors (Lipinski definition) is 0. The van der Waals surface area contributed by atoms with E-state index in [0.717, 1.165) is 10.6 Å². The van der Waals surface area contributed by atoms with Gasteiger partial charge in [-0.25, -0.2) is 8.91 Å². The van der Waals surface area contributed by atoms with Crippen molar-refractivity contribution in [2.75, 3.05) is 0 Å². The zero-order chi connectivity index (χ0) is 20.5. The highest BCUT2D eigenvalue weighted by Gasteiger charge is 2.45. The van der Waals surface area contributed by atoms with Crippen LogP contribution in [0.25, 0.3) is 5.52 Å². The maximum atomic E-state index is 14.8. The van der Waals surface area contributed by atoms with Gasteiger partial charge in [-0.1, -0.05) is 26.0 Å². The first-order chi connectivity index (χ1) is 12.9. The molecule has 1 aliphatic rings. The Kier molecular flexibility index (Phi) is 3.77. The second-order valence-electron chi connectivity index (χ2n) is 8.10. The first-order valence-corrected chi connectivity index (χ1v) is 8.88. The van der Waals surface area contributed by atoms with Crippen molar-refractivity contribution in [2.24, 2.45) is 4.99 Å². The van der Waals surface area contributed by atoms with E-state index in [1.807, 2.05) is 27.7 Å². The number of alkyl halides is 3. The molecule has 7 heteroatoms. The first kappa shape index (κ1) is 18.7. The molecule has 1 aromatic carbocycles.